The van der Waals surface area contributed by atoms with Crippen LogP contribution in [0.4, 0.5) is 23.1 Å². The number of para-hydroxylation sites is 1. The van der Waals surface area contributed by atoms with E-state index in [1.807, 2.05) is 0 Å². The Hall–Kier alpha value is -3.94. The molecule has 0 aliphatic rings. The van der Waals surface area contributed by atoms with Crippen molar-refractivity contribution in [2.24, 2.45) is 0 Å². The van der Waals surface area contributed by atoms with Crippen molar-refractivity contribution in [1.29, 1.82) is 0 Å². The van der Waals surface area contributed by atoms with E-state index in [-0.39, 0.29) is 0 Å². The van der Waals surface area contributed by atoms with E-state index in [1.54, 1.807) is 60.8 Å². The normalized spacial score (nSPS) is 10.1. The Kier molecular flexibility index (Phi) is 5.81. The molecule has 1 heterocycles. The quantitative estimate of drug-likeness (QED) is 0.628. The molecule has 0 aliphatic heterocycles. The number of esters is 2. The van der Waals surface area contributed by atoms with Crippen LogP contribution in [0, 0.1) is 0 Å². The maximum atomic E-state index is 11.9. The number of methoxy groups -OCH3 is 2. The van der Waals surface area contributed by atoms with E-state index in [4.69, 9.17) is 4.74 Å². The van der Waals surface area contributed by atoms with Crippen LogP contribution in [0.1, 0.15) is 20.7 Å². The van der Waals surface area contributed by atoms with E-state index in [1.165, 1.54) is 14.2 Å². The maximum absolute atomic E-state index is 11.9. The third-order valence-corrected chi connectivity index (χ3v) is 3.81. The van der Waals surface area contributed by atoms with Crippen LogP contribution in [-0.2, 0) is 9.47 Å². The van der Waals surface area contributed by atoms with Crippen LogP contribution in [0.15, 0.2) is 60.8 Å². The molecule has 0 saturated heterocycles. The number of nitrogens with one attached hydrogen (secondary N) is 2. The minimum atomic E-state index is -0.455. The van der Waals surface area contributed by atoms with E-state index >= 15 is 0 Å². The van der Waals surface area contributed by atoms with Crippen LogP contribution in [0.5, 0.6) is 0 Å². The van der Waals surface area contributed by atoms with E-state index in [0.717, 1.165) is 5.69 Å². The molecule has 0 radical (unpaired) electrons. The van der Waals surface area contributed by atoms with Gasteiger partial charge in [-0.3, -0.25) is 0 Å². The van der Waals surface area contributed by atoms with Crippen LogP contribution < -0.4 is 10.6 Å². The van der Waals surface area contributed by atoms with Crippen molar-refractivity contribution in [2.45, 2.75) is 0 Å². The number of hydrogen-bond acceptors (Lipinski definition) is 8. The lowest BCUT2D eigenvalue weighted by atomic mass is 10.2. The zero-order valence-electron chi connectivity index (χ0n) is 15.3. The predicted octanol–water partition coefficient (Wildman–Crippen LogP) is 3.54. The van der Waals surface area contributed by atoms with Crippen LogP contribution in [0.3, 0.4) is 0 Å². The Morgan fingerprint density at radius 1 is 0.857 bits per heavy atom. The first-order valence-electron chi connectivity index (χ1n) is 8.33. The molecule has 0 aliphatic carbocycles. The first kappa shape index (κ1) is 18.8. The molecule has 0 spiro atoms. The Morgan fingerprint density at radius 3 is 2.29 bits per heavy atom. The second-order valence-electron chi connectivity index (χ2n) is 5.62. The van der Waals surface area contributed by atoms with Gasteiger partial charge < -0.3 is 20.1 Å². The number of ether oxygens (including phenoxy) is 2. The summed E-state index contributed by atoms with van der Waals surface area (Å²) in [6, 6.07) is 15.4. The molecular weight excluding hydrogens is 360 g/mol. The van der Waals surface area contributed by atoms with Crippen LogP contribution >= 0.6 is 0 Å². The van der Waals surface area contributed by atoms with E-state index < -0.39 is 11.9 Å². The smallest absolute Gasteiger partial charge is 0.339 e. The molecule has 2 aromatic carbocycles. The molecule has 8 heteroatoms. The largest absolute Gasteiger partial charge is 0.465 e. The molecule has 0 amide bonds. The molecular formula is C20H18N4O4. The fourth-order valence-electron chi connectivity index (χ4n) is 2.44. The van der Waals surface area contributed by atoms with Crippen molar-refractivity contribution in [3.63, 3.8) is 0 Å². The van der Waals surface area contributed by atoms with E-state index in [0.29, 0.717) is 28.6 Å². The van der Waals surface area contributed by atoms with Gasteiger partial charge >= 0.3 is 11.9 Å². The Balaban J connectivity index is 1.76. The highest BCUT2D eigenvalue weighted by molar-refractivity contribution is 5.96. The molecule has 142 valence electrons. The van der Waals surface area contributed by atoms with Gasteiger partial charge in [0.25, 0.3) is 0 Å². The summed E-state index contributed by atoms with van der Waals surface area (Å²) in [5.41, 5.74) is 2.11. The van der Waals surface area contributed by atoms with E-state index in [9.17, 15) is 9.59 Å². The second kappa shape index (κ2) is 8.63. The maximum Gasteiger partial charge on any atom is 0.339 e. The zero-order chi connectivity index (χ0) is 19.9. The molecule has 0 unspecified atom stereocenters. The molecule has 3 aromatic rings. The van der Waals surface area contributed by atoms with Crippen LogP contribution in [0.2, 0.25) is 0 Å². The molecule has 3 rings (SSSR count). The standard InChI is InChI=1S/C20H18N4O4/c1-27-18(25)13-7-9-14(10-8-13)22-17-11-12-21-20(24-17)23-16-6-4-3-5-15(16)19(26)28-2/h3-12H,1-2H3,(H2,21,22,23,24). The summed E-state index contributed by atoms with van der Waals surface area (Å²) < 4.78 is 9.47. The lowest BCUT2D eigenvalue weighted by Crippen LogP contribution is -2.07. The molecule has 1 aromatic heterocycles. The average molecular weight is 378 g/mol. The summed E-state index contributed by atoms with van der Waals surface area (Å²) >= 11 is 0. The van der Waals surface area contributed by atoms with Crippen LogP contribution in [0.25, 0.3) is 0 Å². The number of rotatable bonds is 6. The highest BCUT2D eigenvalue weighted by Gasteiger charge is 2.12. The molecule has 0 fully saturated rings. The van der Waals surface area contributed by atoms with Gasteiger partial charge in [0.15, 0.2) is 0 Å². The minimum absolute atomic E-state index is 0.313. The third kappa shape index (κ3) is 4.42. The lowest BCUT2D eigenvalue weighted by Gasteiger charge is -2.11. The summed E-state index contributed by atoms with van der Waals surface area (Å²) in [6.07, 6.45) is 1.58. The summed E-state index contributed by atoms with van der Waals surface area (Å²) in [5.74, 6) is -0.00109. The monoisotopic (exact) mass is 378 g/mol. The second-order valence-corrected chi connectivity index (χ2v) is 5.62. The van der Waals surface area contributed by atoms with Gasteiger partial charge in [0.1, 0.15) is 5.82 Å². The number of carbonyl (C=O) groups is 2. The number of benzene rings is 2. The van der Waals surface area contributed by atoms with Gasteiger partial charge in [0.05, 0.1) is 31.0 Å². The Bertz CT molecular complexity index is 990. The van der Waals surface area contributed by atoms with Crippen molar-refractivity contribution in [1.82, 2.24) is 9.97 Å². The number of carbonyl (C=O) groups excluding carboxylic acids is 2. The highest BCUT2D eigenvalue weighted by atomic mass is 16.5. The predicted molar refractivity (Wildman–Crippen MR) is 104 cm³/mol. The van der Waals surface area contributed by atoms with Gasteiger partial charge in [0.2, 0.25) is 5.95 Å². The Morgan fingerprint density at radius 2 is 1.57 bits per heavy atom. The van der Waals surface area contributed by atoms with Crippen molar-refractivity contribution >= 4 is 35.1 Å². The first-order valence-corrected chi connectivity index (χ1v) is 8.33. The van der Waals surface area contributed by atoms with Crippen molar-refractivity contribution in [3.8, 4) is 0 Å². The molecule has 0 saturated carbocycles. The fourth-order valence-corrected chi connectivity index (χ4v) is 2.44. The van der Waals surface area contributed by atoms with Gasteiger partial charge in [-0.2, -0.15) is 4.98 Å². The van der Waals surface area contributed by atoms with Crippen LogP contribution in [-0.4, -0.2) is 36.1 Å². The number of aromatic nitrogens is 2. The topological polar surface area (TPSA) is 102 Å². The molecule has 0 atom stereocenters. The molecule has 28 heavy (non-hydrogen) atoms. The number of nitrogens with zero attached hydrogens (tertiary/aromatic N) is 2. The van der Waals surface area contributed by atoms with Crippen molar-refractivity contribution < 1.29 is 19.1 Å². The van der Waals surface area contributed by atoms with Crippen molar-refractivity contribution in [2.75, 3.05) is 24.9 Å². The summed E-state index contributed by atoms with van der Waals surface area (Å²) in [7, 11) is 2.66. The van der Waals surface area contributed by atoms with Gasteiger partial charge in [-0.25, -0.2) is 14.6 Å². The minimum Gasteiger partial charge on any atom is -0.465 e. The van der Waals surface area contributed by atoms with E-state index in [2.05, 4.69) is 25.3 Å². The first-order chi connectivity index (χ1) is 13.6. The molecule has 8 nitrogen and oxygen atoms in total. The highest BCUT2D eigenvalue weighted by Crippen LogP contribution is 2.21. The summed E-state index contributed by atoms with van der Waals surface area (Å²) in [4.78, 5) is 31.9. The average Bonchev–Trinajstić information content (AvgIpc) is 2.74. The SMILES string of the molecule is COC(=O)c1ccc(Nc2ccnc(Nc3ccccc3C(=O)OC)n2)cc1. The summed E-state index contributed by atoms with van der Waals surface area (Å²) in [5, 5.41) is 6.15. The fraction of sp³-hybridized carbons (Fsp3) is 0.100. The van der Waals surface area contributed by atoms with Gasteiger partial charge in [-0.05, 0) is 42.5 Å². The molecule has 2 N–H and O–H groups in total. The third-order valence-electron chi connectivity index (χ3n) is 3.81. The van der Waals surface area contributed by atoms with Crippen molar-refractivity contribution in [3.05, 3.63) is 71.9 Å². The number of anilines is 4. The van der Waals surface area contributed by atoms with Gasteiger partial charge in [-0.1, -0.05) is 12.1 Å². The zero-order valence-corrected chi connectivity index (χ0v) is 15.3. The summed E-state index contributed by atoms with van der Waals surface area (Å²) in [6.45, 7) is 0. The van der Waals surface area contributed by atoms with Gasteiger partial charge in [0, 0.05) is 11.9 Å². The van der Waals surface area contributed by atoms with Gasteiger partial charge in [-0.15, -0.1) is 0 Å². The Labute approximate surface area is 161 Å². The molecule has 0 bridgehead atoms. The lowest BCUT2D eigenvalue weighted by molar-refractivity contribution is 0.0592. The number of hydrogen-bond donors (Lipinski definition) is 2.